The van der Waals surface area contributed by atoms with E-state index in [-0.39, 0.29) is 7.43 Å². The molecule has 5 nitrogen and oxygen atoms in total. The van der Waals surface area contributed by atoms with Gasteiger partial charge in [0.2, 0.25) is 0 Å². The van der Waals surface area contributed by atoms with Crippen molar-refractivity contribution >= 4 is 17.1 Å². The molecular formula is C25H25N3O2. The number of imidazole rings is 1. The molecule has 0 amide bonds. The van der Waals surface area contributed by atoms with Gasteiger partial charge in [0.05, 0.1) is 12.1 Å². The number of aromatic carboxylic acids is 1. The van der Waals surface area contributed by atoms with Crippen molar-refractivity contribution in [2.75, 3.05) is 0 Å². The van der Waals surface area contributed by atoms with Crippen LogP contribution in [0.1, 0.15) is 53.5 Å². The topological polar surface area (TPSA) is 68.0 Å². The van der Waals surface area contributed by atoms with Crippen molar-refractivity contribution in [2.45, 2.75) is 39.7 Å². The first-order valence-corrected chi connectivity index (χ1v) is 9.85. The maximum absolute atomic E-state index is 11.5. The minimum Gasteiger partial charge on any atom is -0.478 e. The lowest BCUT2D eigenvalue weighted by atomic mass is 9.99. The Morgan fingerprint density at radius 1 is 1.10 bits per heavy atom. The smallest absolute Gasteiger partial charge is 0.336 e. The molecule has 1 aliphatic carbocycles. The van der Waals surface area contributed by atoms with Gasteiger partial charge < -0.3 is 9.67 Å². The molecular weight excluding hydrogens is 374 g/mol. The highest BCUT2D eigenvalue weighted by atomic mass is 16.4. The Morgan fingerprint density at radius 3 is 2.53 bits per heavy atom. The number of benzene rings is 2. The van der Waals surface area contributed by atoms with Crippen LogP contribution < -0.4 is 0 Å². The summed E-state index contributed by atoms with van der Waals surface area (Å²) in [5.74, 6) is 0.748. The molecule has 0 atom stereocenters. The van der Waals surface area contributed by atoms with E-state index in [2.05, 4.69) is 28.6 Å². The highest BCUT2D eigenvalue weighted by Crippen LogP contribution is 2.41. The molecule has 0 saturated heterocycles. The lowest BCUT2D eigenvalue weighted by molar-refractivity contribution is 0.0697. The Balaban J connectivity index is 0.00000218. The lowest BCUT2D eigenvalue weighted by Crippen LogP contribution is -2.05. The maximum atomic E-state index is 11.5. The van der Waals surface area contributed by atoms with E-state index in [0.29, 0.717) is 18.0 Å². The summed E-state index contributed by atoms with van der Waals surface area (Å²) < 4.78 is 2.24. The van der Waals surface area contributed by atoms with Gasteiger partial charge in [-0.1, -0.05) is 49.9 Å². The number of aryl methyl sites for hydroxylation is 1. The number of aromatic nitrogens is 3. The highest BCUT2D eigenvalue weighted by Gasteiger charge is 2.30. The molecule has 1 saturated carbocycles. The van der Waals surface area contributed by atoms with Crippen LogP contribution in [-0.4, -0.2) is 25.6 Å². The number of fused-ring (bicyclic) bond motifs is 1. The Hall–Kier alpha value is -3.47. The van der Waals surface area contributed by atoms with Crippen molar-refractivity contribution in [3.05, 3.63) is 83.3 Å². The molecule has 0 radical (unpaired) electrons. The van der Waals surface area contributed by atoms with Crippen LogP contribution in [0.25, 0.3) is 22.3 Å². The number of carbonyl (C=O) groups is 1. The minimum absolute atomic E-state index is 0. The third-order valence-corrected chi connectivity index (χ3v) is 5.57. The molecule has 0 aliphatic heterocycles. The number of rotatable bonds is 5. The van der Waals surface area contributed by atoms with E-state index >= 15 is 0 Å². The van der Waals surface area contributed by atoms with Gasteiger partial charge in [-0.25, -0.2) is 14.8 Å². The molecule has 2 aromatic heterocycles. The van der Waals surface area contributed by atoms with Crippen LogP contribution in [0.2, 0.25) is 0 Å². The summed E-state index contributed by atoms with van der Waals surface area (Å²) in [6.07, 6.45) is 4.22. The third kappa shape index (κ3) is 3.47. The van der Waals surface area contributed by atoms with E-state index in [4.69, 9.17) is 4.98 Å². The van der Waals surface area contributed by atoms with Crippen LogP contribution in [-0.2, 0) is 6.54 Å². The van der Waals surface area contributed by atoms with Crippen molar-refractivity contribution in [1.82, 2.24) is 14.5 Å². The number of hydrogen-bond donors (Lipinski definition) is 1. The molecule has 152 valence electrons. The number of nitrogens with zero attached hydrogens (tertiary/aromatic N) is 3. The monoisotopic (exact) mass is 399 g/mol. The van der Waals surface area contributed by atoms with Crippen LogP contribution >= 0.6 is 0 Å². The Bertz CT molecular complexity index is 1220. The molecule has 0 bridgehead atoms. The molecule has 2 heterocycles. The molecule has 1 fully saturated rings. The van der Waals surface area contributed by atoms with Crippen molar-refractivity contribution in [1.29, 1.82) is 0 Å². The summed E-state index contributed by atoms with van der Waals surface area (Å²) in [7, 11) is 0. The van der Waals surface area contributed by atoms with E-state index in [0.717, 1.165) is 39.2 Å². The first-order valence-electron chi connectivity index (χ1n) is 9.85. The molecule has 30 heavy (non-hydrogen) atoms. The largest absolute Gasteiger partial charge is 0.478 e. The van der Waals surface area contributed by atoms with Gasteiger partial charge in [-0.05, 0) is 54.2 Å². The SMILES string of the molecule is C.Cc1ccnc2c1nc(C1CC1)n2Cc1ccc(-c2ccccc2C(=O)O)cc1. The first kappa shape index (κ1) is 19.8. The van der Waals surface area contributed by atoms with Crippen molar-refractivity contribution < 1.29 is 9.90 Å². The normalized spacial score (nSPS) is 13.2. The molecule has 0 spiro atoms. The van der Waals surface area contributed by atoms with Gasteiger partial charge in [-0.15, -0.1) is 0 Å². The summed E-state index contributed by atoms with van der Waals surface area (Å²) in [5, 5.41) is 9.45. The van der Waals surface area contributed by atoms with Gasteiger partial charge >= 0.3 is 5.97 Å². The lowest BCUT2D eigenvalue weighted by Gasteiger charge is -2.10. The average Bonchev–Trinajstić information content (AvgIpc) is 3.51. The number of hydrogen-bond acceptors (Lipinski definition) is 3. The quantitative estimate of drug-likeness (QED) is 0.470. The van der Waals surface area contributed by atoms with Crippen LogP contribution in [0.4, 0.5) is 0 Å². The molecule has 5 rings (SSSR count). The zero-order valence-electron chi connectivity index (χ0n) is 16.2. The molecule has 2 aromatic carbocycles. The van der Waals surface area contributed by atoms with Gasteiger partial charge in [0, 0.05) is 12.1 Å². The van der Waals surface area contributed by atoms with E-state index in [1.807, 2.05) is 36.5 Å². The van der Waals surface area contributed by atoms with Gasteiger partial charge in [0.25, 0.3) is 0 Å². The van der Waals surface area contributed by atoms with Crippen LogP contribution in [0.15, 0.2) is 60.8 Å². The predicted molar refractivity (Wildman–Crippen MR) is 119 cm³/mol. The molecule has 4 aromatic rings. The summed E-state index contributed by atoms with van der Waals surface area (Å²) in [5.41, 5.74) is 6.17. The fourth-order valence-corrected chi connectivity index (χ4v) is 3.86. The Morgan fingerprint density at radius 2 is 1.83 bits per heavy atom. The molecule has 5 heteroatoms. The van der Waals surface area contributed by atoms with E-state index in [9.17, 15) is 9.90 Å². The number of pyridine rings is 1. The summed E-state index contributed by atoms with van der Waals surface area (Å²) in [4.78, 5) is 21.0. The molecule has 1 aliphatic rings. The maximum Gasteiger partial charge on any atom is 0.336 e. The van der Waals surface area contributed by atoms with Crippen molar-refractivity contribution in [3.8, 4) is 11.1 Å². The van der Waals surface area contributed by atoms with E-state index in [1.165, 1.54) is 12.8 Å². The standard InChI is InChI=1S/C24H21N3O2.CH4/c1-15-12-13-25-23-21(15)26-22(18-10-11-18)27(23)14-16-6-8-17(9-7-16)19-4-2-3-5-20(19)24(28)29;/h2-9,12-13,18H,10-11,14H2,1H3,(H,28,29);1H4. The average molecular weight is 399 g/mol. The second-order valence-electron chi connectivity index (χ2n) is 7.68. The fraction of sp³-hybridized carbons (Fsp3) is 0.240. The zero-order valence-corrected chi connectivity index (χ0v) is 16.2. The highest BCUT2D eigenvalue weighted by molar-refractivity contribution is 5.96. The second-order valence-corrected chi connectivity index (χ2v) is 7.68. The Kier molecular flexibility index (Phi) is 5.12. The first-order chi connectivity index (χ1) is 14.1. The van der Waals surface area contributed by atoms with Gasteiger partial charge in [0.15, 0.2) is 5.65 Å². The third-order valence-electron chi connectivity index (χ3n) is 5.57. The summed E-state index contributed by atoms with van der Waals surface area (Å²) >= 11 is 0. The molecule has 1 N–H and O–H groups in total. The van der Waals surface area contributed by atoms with Crippen LogP contribution in [0, 0.1) is 6.92 Å². The fourth-order valence-electron chi connectivity index (χ4n) is 3.86. The van der Waals surface area contributed by atoms with Crippen molar-refractivity contribution in [2.24, 2.45) is 0 Å². The van der Waals surface area contributed by atoms with Crippen LogP contribution in [0.5, 0.6) is 0 Å². The van der Waals surface area contributed by atoms with Crippen molar-refractivity contribution in [3.63, 3.8) is 0 Å². The van der Waals surface area contributed by atoms with E-state index in [1.54, 1.807) is 12.1 Å². The van der Waals surface area contributed by atoms with Crippen LogP contribution in [0.3, 0.4) is 0 Å². The van der Waals surface area contributed by atoms with Gasteiger partial charge in [0.1, 0.15) is 11.3 Å². The number of carboxylic acids is 1. The number of carboxylic acid groups (broad SMARTS) is 1. The zero-order chi connectivity index (χ0) is 20.0. The summed E-state index contributed by atoms with van der Waals surface area (Å²) in [6, 6.07) is 17.2. The predicted octanol–water partition coefficient (Wildman–Crippen LogP) is 5.67. The second kappa shape index (κ2) is 7.75. The van der Waals surface area contributed by atoms with Gasteiger partial charge in [-0.2, -0.15) is 0 Å². The van der Waals surface area contributed by atoms with E-state index < -0.39 is 5.97 Å². The molecule has 0 unspecified atom stereocenters. The summed E-state index contributed by atoms with van der Waals surface area (Å²) in [6.45, 7) is 2.78. The minimum atomic E-state index is -0.912. The van der Waals surface area contributed by atoms with Gasteiger partial charge in [-0.3, -0.25) is 0 Å². The Labute approximate surface area is 176 Å².